The maximum absolute atomic E-state index is 12.3. The maximum atomic E-state index is 12.3. The van der Waals surface area contributed by atoms with Gasteiger partial charge < -0.3 is 10.1 Å². The summed E-state index contributed by atoms with van der Waals surface area (Å²) >= 11 is 12.0. The summed E-state index contributed by atoms with van der Waals surface area (Å²) in [4.78, 5) is 28.2. The molecule has 0 radical (unpaired) electrons. The second-order valence-electron chi connectivity index (χ2n) is 5.79. The Balaban J connectivity index is 2.03. The number of nitrogens with one attached hydrogen (secondary N) is 1. The van der Waals surface area contributed by atoms with Gasteiger partial charge in [-0.15, -0.1) is 0 Å². The van der Waals surface area contributed by atoms with Crippen LogP contribution in [0.1, 0.15) is 32.6 Å². The number of aromatic nitrogens is 1. The van der Waals surface area contributed by atoms with Gasteiger partial charge in [0.1, 0.15) is 0 Å². The van der Waals surface area contributed by atoms with Crippen molar-refractivity contribution in [3.8, 4) is 0 Å². The summed E-state index contributed by atoms with van der Waals surface area (Å²) in [7, 11) is 0. The molecule has 25 heavy (non-hydrogen) atoms. The van der Waals surface area contributed by atoms with E-state index < -0.39 is 18.5 Å². The highest BCUT2D eigenvalue weighted by atomic mass is 35.5. The van der Waals surface area contributed by atoms with Gasteiger partial charge in [-0.2, -0.15) is 0 Å². The van der Waals surface area contributed by atoms with Gasteiger partial charge in [0.05, 0.1) is 15.6 Å². The molecule has 0 bridgehead atoms. The van der Waals surface area contributed by atoms with Crippen LogP contribution in [-0.2, 0) is 9.53 Å². The van der Waals surface area contributed by atoms with Gasteiger partial charge in [-0.25, -0.2) is 9.78 Å². The minimum absolute atomic E-state index is 0.173. The Labute approximate surface area is 156 Å². The van der Waals surface area contributed by atoms with Crippen molar-refractivity contribution in [2.75, 3.05) is 11.9 Å². The number of benzene rings is 1. The molecule has 0 aliphatic carbocycles. The van der Waals surface area contributed by atoms with Crippen molar-refractivity contribution in [2.45, 2.75) is 27.7 Å². The van der Waals surface area contributed by atoms with Gasteiger partial charge in [0.25, 0.3) is 5.91 Å². The molecule has 5 nitrogen and oxygen atoms in total. The van der Waals surface area contributed by atoms with Crippen LogP contribution in [0.3, 0.4) is 0 Å². The van der Waals surface area contributed by atoms with Crippen LogP contribution < -0.4 is 5.32 Å². The average molecular weight is 381 g/mol. The van der Waals surface area contributed by atoms with E-state index in [1.165, 1.54) is 6.20 Å². The Morgan fingerprint density at radius 3 is 2.32 bits per heavy atom. The zero-order valence-electron chi connectivity index (χ0n) is 14.4. The Hall–Kier alpha value is -2.11. The normalized spacial score (nSPS) is 10.5. The number of esters is 1. The molecule has 132 valence electrons. The second kappa shape index (κ2) is 7.85. The number of rotatable bonds is 4. The zero-order valence-corrected chi connectivity index (χ0v) is 15.9. The van der Waals surface area contributed by atoms with E-state index in [9.17, 15) is 9.59 Å². The molecule has 0 atom stereocenters. The summed E-state index contributed by atoms with van der Waals surface area (Å²) < 4.78 is 5.11. The van der Waals surface area contributed by atoms with Gasteiger partial charge >= 0.3 is 5.97 Å². The van der Waals surface area contributed by atoms with Crippen molar-refractivity contribution < 1.29 is 14.3 Å². The number of anilines is 1. The molecule has 1 aromatic carbocycles. The van der Waals surface area contributed by atoms with Crippen LogP contribution in [0.25, 0.3) is 0 Å². The standard InChI is InChI=1S/C18H18Cl2N2O3/c1-9-5-10(2)15(11(3)6-9)18(24)25-8-14(23)22-17-16(20)12(4)13(19)7-21-17/h5-7H,8H2,1-4H3,(H,21,22,23). The SMILES string of the molecule is Cc1cc(C)c(C(=O)OCC(=O)Nc2ncc(Cl)c(C)c2Cl)c(C)c1. The van der Waals surface area contributed by atoms with E-state index in [0.29, 0.717) is 16.1 Å². The number of halogens is 2. The van der Waals surface area contributed by atoms with Crippen molar-refractivity contribution in [3.05, 3.63) is 56.2 Å². The van der Waals surface area contributed by atoms with E-state index in [-0.39, 0.29) is 10.8 Å². The predicted octanol–water partition coefficient (Wildman–Crippen LogP) is 4.42. The van der Waals surface area contributed by atoms with Crippen molar-refractivity contribution in [1.29, 1.82) is 0 Å². The molecule has 1 amide bonds. The first kappa shape index (κ1) is 19.2. The highest BCUT2D eigenvalue weighted by Crippen LogP contribution is 2.28. The van der Waals surface area contributed by atoms with E-state index in [0.717, 1.165) is 16.7 Å². The van der Waals surface area contributed by atoms with Crippen molar-refractivity contribution >= 4 is 40.9 Å². The highest BCUT2D eigenvalue weighted by molar-refractivity contribution is 6.37. The third-order valence-corrected chi connectivity index (χ3v) is 4.52. The Bertz CT molecular complexity index is 827. The van der Waals surface area contributed by atoms with E-state index in [1.807, 2.05) is 32.9 Å². The number of carbonyl (C=O) groups is 2. The first-order valence-electron chi connectivity index (χ1n) is 7.56. The lowest BCUT2D eigenvalue weighted by Crippen LogP contribution is -2.22. The van der Waals surface area contributed by atoms with Gasteiger partial charge in [-0.3, -0.25) is 4.79 Å². The molecule has 0 spiro atoms. The third-order valence-electron chi connectivity index (χ3n) is 3.68. The molecule has 0 aliphatic heterocycles. The summed E-state index contributed by atoms with van der Waals surface area (Å²) in [5.41, 5.74) is 3.75. The minimum atomic E-state index is -0.545. The van der Waals surface area contributed by atoms with Gasteiger partial charge in [0.15, 0.2) is 12.4 Å². The summed E-state index contributed by atoms with van der Waals surface area (Å²) in [5.74, 6) is -0.907. The number of amides is 1. The molecule has 1 aromatic heterocycles. The molecule has 0 unspecified atom stereocenters. The molecule has 0 fully saturated rings. The largest absolute Gasteiger partial charge is 0.452 e. The second-order valence-corrected chi connectivity index (χ2v) is 6.58. The smallest absolute Gasteiger partial charge is 0.339 e. The van der Waals surface area contributed by atoms with E-state index in [4.69, 9.17) is 27.9 Å². The van der Waals surface area contributed by atoms with Gasteiger partial charge in [-0.1, -0.05) is 40.9 Å². The fourth-order valence-corrected chi connectivity index (χ4v) is 2.91. The molecular formula is C18H18Cl2N2O3. The molecule has 7 heteroatoms. The van der Waals surface area contributed by atoms with Gasteiger partial charge in [-0.05, 0) is 44.4 Å². The van der Waals surface area contributed by atoms with Crippen molar-refractivity contribution in [3.63, 3.8) is 0 Å². The predicted molar refractivity (Wildman–Crippen MR) is 98.6 cm³/mol. The lowest BCUT2D eigenvalue weighted by Gasteiger charge is -2.12. The molecular weight excluding hydrogens is 363 g/mol. The number of carbonyl (C=O) groups excluding carboxylic acids is 2. The number of hydrogen-bond donors (Lipinski definition) is 1. The van der Waals surface area contributed by atoms with E-state index in [1.54, 1.807) is 6.92 Å². The quantitative estimate of drug-likeness (QED) is 0.797. The van der Waals surface area contributed by atoms with Crippen LogP contribution in [-0.4, -0.2) is 23.5 Å². The van der Waals surface area contributed by atoms with Crippen LogP contribution in [0.2, 0.25) is 10.0 Å². The number of hydrogen-bond acceptors (Lipinski definition) is 4. The molecule has 0 aliphatic rings. The molecule has 1 N–H and O–H groups in total. The number of aryl methyl sites for hydroxylation is 3. The maximum Gasteiger partial charge on any atom is 0.339 e. The first-order chi connectivity index (χ1) is 11.7. The van der Waals surface area contributed by atoms with Crippen LogP contribution >= 0.6 is 23.2 Å². The van der Waals surface area contributed by atoms with Crippen LogP contribution in [0.15, 0.2) is 18.3 Å². The summed E-state index contributed by atoms with van der Waals surface area (Å²) in [5, 5.41) is 3.16. The van der Waals surface area contributed by atoms with Gasteiger partial charge in [0.2, 0.25) is 0 Å². The lowest BCUT2D eigenvalue weighted by atomic mass is 10.00. The highest BCUT2D eigenvalue weighted by Gasteiger charge is 2.17. The number of nitrogens with zero attached hydrogens (tertiary/aromatic N) is 1. The summed E-state index contributed by atoms with van der Waals surface area (Å²) in [6, 6.07) is 3.79. The average Bonchev–Trinajstić information content (AvgIpc) is 2.52. The fraction of sp³-hybridized carbons (Fsp3) is 0.278. The lowest BCUT2D eigenvalue weighted by molar-refractivity contribution is -0.119. The topological polar surface area (TPSA) is 68.3 Å². The molecule has 0 saturated heterocycles. The first-order valence-corrected chi connectivity index (χ1v) is 8.31. The Morgan fingerprint density at radius 2 is 1.72 bits per heavy atom. The van der Waals surface area contributed by atoms with Gasteiger partial charge in [0, 0.05) is 6.20 Å². The number of pyridine rings is 1. The van der Waals surface area contributed by atoms with E-state index in [2.05, 4.69) is 10.3 Å². The van der Waals surface area contributed by atoms with Crippen molar-refractivity contribution in [2.24, 2.45) is 0 Å². The molecule has 2 rings (SSSR count). The minimum Gasteiger partial charge on any atom is -0.452 e. The monoisotopic (exact) mass is 380 g/mol. The van der Waals surface area contributed by atoms with Crippen LogP contribution in [0.4, 0.5) is 5.82 Å². The summed E-state index contributed by atoms with van der Waals surface area (Å²) in [6.45, 7) is 6.89. The third kappa shape index (κ3) is 4.50. The zero-order chi connectivity index (χ0) is 18.7. The molecule has 1 heterocycles. The Morgan fingerprint density at radius 1 is 1.12 bits per heavy atom. The van der Waals surface area contributed by atoms with Crippen LogP contribution in [0.5, 0.6) is 0 Å². The Kier molecular flexibility index (Phi) is 6.03. The van der Waals surface area contributed by atoms with Crippen molar-refractivity contribution in [1.82, 2.24) is 4.98 Å². The van der Waals surface area contributed by atoms with E-state index >= 15 is 0 Å². The summed E-state index contributed by atoms with van der Waals surface area (Å²) in [6.07, 6.45) is 1.39. The molecule has 2 aromatic rings. The molecule has 0 saturated carbocycles. The fourth-order valence-electron chi connectivity index (χ4n) is 2.52. The number of ether oxygens (including phenoxy) is 1. The van der Waals surface area contributed by atoms with Crippen LogP contribution in [0, 0.1) is 27.7 Å².